The molecule has 15 heavy (non-hydrogen) atoms. The van der Waals surface area contributed by atoms with Crippen LogP contribution in [-0.2, 0) is 0 Å². The van der Waals surface area contributed by atoms with E-state index in [1.165, 1.54) is 25.1 Å². The molecule has 0 aromatic carbocycles. The standard InChI is InChI=1S/C12H17FN2/c1-12(2)6-3-9(4-7-12)11-14-8-5-10(13)15-11/h5,8-9H,3-4,6-7H2,1-2H3. The topological polar surface area (TPSA) is 25.8 Å². The molecule has 82 valence electrons. The second-order valence-corrected chi connectivity index (χ2v) is 5.18. The highest BCUT2D eigenvalue weighted by molar-refractivity contribution is 5.00. The molecule has 3 heteroatoms. The van der Waals surface area contributed by atoms with Crippen LogP contribution in [-0.4, -0.2) is 9.97 Å². The monoisotopic (exact) mass is 208 g/mol. The number of rotatable bonds is 1. The van der Waals surface area contributed by atoms with Crippen LogP contribution in [0.15, 0.2) is 12.3 Å². The van der Waals surface area contributed by atoms with Gasteiger partial charge < -0.3 is 0 Å². The van der Waals surface area contributed by atoms with Crippen molar-refractivity contribution in [2.24, 2.45) is 5.41 Å². The minimum absolute atomic E-state index is 0.355. The molecule has 2 nitrogen and oxygen atoms in total. The van der Waals surface area contributed by atoms with E-state index in [0.29, 0.717) is 17.2 Å². The van der Waals surface area contributed by atoms with Gasteiger partial charge in [-0.1, -0.05) is 13.8 Å². The fourth-order valence-corrected chi connectivity index (χ4v) is 2.20. The molecule has 0 radical (unpaired) electrons. The molecular weight excluding hydrogens is 191 g/mol. The second-order valence-electron chi connectivity index (χ2n) is 5.18. The number of aromatic nitrogens is 2. The zero-order chi connectivity index (χ0) is 10.9. The molecule has 1 aliphatic carbocycles. The molecule has 1 heterocycles. The van der Waals surface area contributed by atoms with Gasteiger partial charge >= 0.3 is 0 Å². The van der Waals surface area contributed by atoms with Crippen molar-refractivity contribution in [3.05, 3.63) is 24.0 Å². The fourth-order valence-electron chi connectivity index (χ4n) is 2.20. The Morgan fingerprint density at radius 2 is 2.00 bits per heavy atom. The lowest BCUT2D eigenvalue weighted by Crippen LogP contribution is -2.21. The molecule has 1 aromatic heterocycles. The lowest BCUT2D eigenvalue weighted by Gasteiger charge is -2.33. The van der Waals surface area contributed by atoms with Gasteiger partial charge in [0.05, 0.1) is 0 Å². The minimum Gasteiger partial charge on any atom is -0.241 e. The predicted molar refractivity (Wildman–Crippen MR) is 57.0 cm³/mol. The summed E-state index contributed by atoms with van der Waals surface area (Å²) in [5.74, 6) is 0.629. The van der Waals surface area contributed by atoms with Crippen LogP contribution in [0.4, 0.5) is 4.39 Å². The van der Waals surface area contributed by atoms with E-state index in [-0.39, 0.29) is 0 Å². The maximum absolute atomic E-state index is 12.9. The summed E-state index contributed by atoms with van der Waals surface area (Å²) in [6.07, 6.45) is 6.03. The first kappa shape index (κ1) is 10.5. The Morgan fingerprint density at radius 1 is 1.33 bits per heavy atom. The molecule has 0 bridgehead atoms. The third kappa shape index (κ3) is 2.52. The highest BCUT2D eigenvalue weighted by Gasteiger charge is 2.28. The van der Waals surface area contributed by atoms with Crippen molar-refractivity contribution >= 4 is 0 Å². The second kappa shape index (κ2) is 3.87. The number of hydrogen-bond acceptors (Lipinski definition) is 2. The summed E-state index contributed by atoms with van der Waals surface area (Å²) in [6.45, 7) is 4.57. The average molecular weight is 208 g/mol. The summed E-state index contributed by atoms with van der Waals surface area (Å²) in [4.78, 5) is 8.03. The third-order valence-electron chi connectivity index (χ3n) is 3.34. The first-order valence-electron chi connectivity index (χ1n) is 5.55. The largest absolute Gasteiger partial charge is 0.241 e. The molecule has 1 aromatic rings. The Balaban J connectivity index is 2.08. The normalized spacial score (nSPS) is 21.5. The van der Waals surface area contributed by atoms with Crippen molar-refractivity contribution in [2.75, 3.05) is 0 Å². The Morgan fingerprint density at radius 3 is 2.60 bits per heavy atom. The average Bonchev–Trinajstić information content (AvgIpc) is 2.17. The van der Waals surface area contributed by atoms with Crippen molar-refractivity contribution < 1.29 is 4.39 Å². The minimum atomic E-state index is -0.412. The van der Waals surface area contributed by atoms with Crippen molar-refractivity contribution in [2.45, 2.75) is 45.4 Å². The van der Waals surface area contributed by atoms with E-state index in [4.69, 9.17) is 0 Å². The molecule has 2 rings (SSSR count). The first-order valence-corrected chi connectivity index (χ1v) is 5.55. The molecule has 0 spiro atoms. The zero-order valence-corrected chi connectivity index (χ0v) is 9.33. The van der Waals surface area contributed by atoms with E-state index >= 15 is 0 Å². The lowest BCUT2D eigenvalue weighted by atomic mass is 9.73. The van der Waals surface area contributed by atoms with Crippen molar-refractivity contribution in [1.29, 1.82) is 0 Å². The molecule has 0 saturated heterocycles. The molecule has 0 amide bonds. The Labute approximate surface area is 89.9 Å². The summed E-state index contributed by atoms with van der Waals surface area (Å²) < 4.78 is 12.9. The maximum Gasteiger partial charge on any atom is 0.216 e. The van der Waals surface area contributed by atoms with E-state index in [9.17, 15) is 4.39 Å². The molecule has 1 aliphatic rings. The van der Waals surface area contributed by atoms with E-state index in [1.807, 2.05) is 0 Å². The lowest BCUT2D eigenvalue weighted by molar-refractivity contribution is 0.220. The van der Waals surface area contributed by atoms with Crippen molar-refractivity contribution in [3.8, 4) is 0 Å². The molecule has 0 N–H and O–H groups in total. The molecule has 0 aliphatic heterocycles. The maximum atomic E-state index is 12.9. The van der Waals surface area contributed by atoms with Gasteiger partial charge in [-0.15, -0.1) is 0 Å². The van der Waals surface area contributed by atoms with Gasteiger partial charge in [0, 0.05) is 18.2 Å². The fraction of sp³-hybridized carbons (Fsp3) is 0.667. The Bertz CT molecular complexity index is 339. The van der Waals surface area contributed by atoms with Crippen LogP contribution in [0.25, 0.3) is 0 Å². The van der Waals surface area contributed by atoms with Crippen LogP contribution >= 0.6 is 0 Å². The van der Waals surface area contributed by atoms with Crippen LogP contribution in [0.2, 0.25) is 0 Å². The van der Waals surface area contributed by atoms with Gasteiger partial charge in [0.2, 0.25) is 5.95 Å². The van der Waals surface area contributed by atoms with Gasteiger partial charge in [0.15, 0.2) is 0 Å². The number of nitrogens with zero attached hydrogens (tertiary/aromatic N) is 2. The van der Waals surface area contributed by atoms with Gasteiger partial charge in [0.25, 0.3) is 0 Å². The predicted octanol–water partition coefficient (Wildman–Crippen LogP) is 3.30. The summed E-state index contributed by atoms with van der Waals surface area (Å²) in [5.41, 5.74) is 0.434. The quantitative estimate of drug-likeness (QED) is 0.662. The van der Waals surface area contributed by atoms with Gasteiger partial charge in [-0.25, -0.2) is 9.97 Å². The van der Waals surface area contributed by atoms with Crippen LogP contribution in [0.3, 0.4) is 0 Å². The summed E-state index contributed by atoms with van der Waals surface area (Å²) in [5, 5.41) is 0. The zero-order valence-electron chi connectivity index (χ0n) is 9.33. The molecule has 0 unspecified atom stereocenters. The van der Waals surface area contributed by atoms with Gasteiger partial charge in [-0.2, -0.15) is 4.39 Å². The molecule has 0 atom stereocenters. The number of hydrogen-bond donors (Lipinski definition) is 0. The Kier molecular flexibility index (Phi) is 2.72. The van der Waals surface area contributed by atoms with E-state index in [0.717, 1.165) is 12.8 Å². The van der Waals surface area contributed by atoms with Crippen molar-refractivity contribution in [3.63, 3.8) is 0 Å². The number of halogens is 1. The van der Waals surface area contributed by atoms with Gasteiger partial charge in [-0.3, -0.25) is 0 Å². The highest BCUT2D eigenvalue weighted by atomic mass is 19.1. The van der Waals surface area contributed by atoms with Crippen molar-refractivity contribution in [1.82, 2.24) is 9.97 Å². The van der Waals surface area contributed by atoms with Crippen LogP contribution in [0, 0.1) is 11.4 Å². The van der Waals surface area contributed by atoms with Crippen LogP contribution in [0.5, 0.6) is 0 Å². The molecule has 1 fully saturated rings. The molecule has 1 saturated carbocycles. The van der Waals surface area contributed by atoms with Crippen LogP contribution in [0.1, 0.15) is 51.3 Å². The Hall–Kier alpha value is -0.990. The first-order chi connectivity index (χ1) is 7.07. The summed E-state index contributed by atoms with van der Waals surface area (Å²) >= 11 is 0. The third-order valence-corrected chi connectivity index (χ3v) is 3.34. The van der Waals surface area contributed by atoms with E-state index < -0.39 is 5.95 Å². The highest BCUT2D eigenvalue weighted by Crippen LogP contribution is 2.41. The van der Waals surface area contributed by atoms with Gasteiger partial charge in [-0.05, 0) is 31.1 Å². The molecular formula is C12H17FN2. The summed E-state index contributed by atoms with van der Waals surface area (Å²) in [6, 6.07) is 1.30. The van der Waals surface area contributed by atoms with E-state index in [2.05, 4.69) is 23.8 Å². The van der Waals surface area contributed by atoms with Crippen LogP contribution < -0.4 is 0 Å². The summed E-state index contributed by atoms with van der Waals surface area (Å²) in [7, 11) is 0. The van der Waals surface area contributed by atoms with E-state index in [1.54, 1.807) is 0 Å². The van der Waals surface area contributed by atoms with Gasteiger partial charge in [0.1, 0.15) is 5.82 Å². The SMILES string of the molecule is CC1(C)CCC(c2nccc(F)n2)CC1. The smallest absolute Gasteiger partial charge is 0.216 e.